The molecule has 3 heterocycles. The quantitative estimate of drug-likeness (QED) is 0.726. The fourth-order valence-electron chi connectivity index (χ4n) is 2.92. The van der Waals surface area contributed by atoms with E-state index in [1.807, 2.05) is 34.9 Å². The van der Waals surface area contributed by atoms with E-state index in [1.54, 1.807) is 0 Å². The van der Waals surface area contributed by atoms with E-state index in [1.165, 1.54) is 36.3 Å². The minimum Gasteiger partial charge on any atom is -0.318 e. The third-order valence-corrected chi connectivity index (χ3v) is 7.00. The van der Waals surface area contributed by atoms with Crippen molar-refractivity contribution in [2.45, 2.75) is 18.2 Å². The predicted molar refractivity (Wildman–Crippen MR) is 97.4 cm³/mol. The van der Waals surface area contributed by atoms with Crippen molar-refractivity contribution in [2.24, 2.45) is 4.99 Å². The smallest absolute Gasteiger partial charge is 0.168 e. The molecule has 0 aliphatic carbocycles. The summed E-state index contributed by atoms with van der Waals surface area (Å²) >= 11 is 5.53. The molecule has 0 saturated carbocycles. The number of benzene rings is 1. The molecule has 4 rings (SSSR count). The fraction of sp³-hybridized carbons (Fsp3) is 0.312. The topological polar surface area (TPSA) is 15.6 Å². The van der Waals surface area contributed by atoms with E-state index in [0.29, 0.717) is 0 Å². The summed E-state index contributed by atoms with van der Waals surface area (Å²) in [5.41, 5.74) is 2.74. The highest BCUT2D eigenvalue weighted by Crippen LogP contribution is 2.45. The van der Waals surface area contributed by atoms with Crippen LogP contribution in [0.2, 0.25) is 0 Å². The van der Waals surface area contributed by atoms with Crippen molar-refractivity contribution in [1.82, 2.24) is 4.90 Å². The van der Waals surface area contributed by atoms with Crippen LogP contribution in [0.15, 0.2) is 38.4 Å². The number of fused-ring (bicyclic) bond motifs is 2. The van der Waals surface area contributed by atoms with Crippen LogP contribution in [0.1, 0.15) is 18.9 Å². The van der Waals surface area contributed by atoms with E-state index in [4.69, 9.17) is 0 Å². The Labute approximate surface area is 137 Å². The predicted octanol–water partition coefficient (Wildman–Crippen LogP) is 5.12. The van der Waals surface area contributed by atoms with Gasteiger partial charge in [0.15, 0.2) is 5.17 Å². The van der Waals surface area contributed by atoms with Crippen molar-refractivity contribution in [2.75, 3.05) is 19.3 Å². The lowest BCUT2D eigenvalue weighted by molar-refractivity contribution is 0.646. The van der Waals surface area contributed by atoms with Crippen LogP contribution in [0.3, 0.4) is 0 Å². The summed E-state index contributed by atoms with van der Waals surface area (Å²) < 4.78 is 1.41. The van der Waals surface area contributed by atoms with Gasteiger partial charge in [-0.2, -0.15) is 0 Å². The zero-order valence-electron chi connectivity index (χ0n) is 12.0. The second-order valence-corrected chi connectivity index (χ2v) is 7.89. The molecular weight excluding hydrogens is 316 g/mol. The summed E-state index contributed by atoms with van der Waals surface area (Å²) in [6.45, 7) is 4.19. The van der Waals surface area contributed by atoms with E-state index in [9.17, 15) is 0 Å². The van der Waals surface area contributed by atoms with Crippen LogP contribution in [0.4, 0.5) is 0 Å². The summed E-state index contributed by atoms with van der Waals surface area (Å²) in [6.07, 6.45) is 3.24. The molecule has 0 fully saturated rings. The van der Waals surface area contributed by atoms with Crippen LogP contribution in [0.25, 0.3) is 15.8 Å². The molecule has 0 N–H and O–H groups in total. The van der Waals surface area contributed by atoms with E-state index in [2.05, 4.69) is 46.7 Å². The van der Waals surface area contributed by atoms with Crippen LogP contribution in [-0.2, 0) is 0 Å². The first-order valence-electron chi connectivity index (χ1n) is 7.10. The molecule has 0 amide bonds. The van der Waals surface area contributed by atoms with Gasteiger partial charge in [-0.25, -0.2) is 0 Å². The van der Waals surface area contributed by atoms with Crippen molar-refractivity contribution >= 4 is 55.8 Å². The molecule has 1 aromatic heterocycles. The summed E-state index contributed by atoms with van der Waals surface area (Å²) in [5, 5.41) is 4.74. The SMILES string of the molecule is CCC1=C(c2cc(SC)c3sccc3c2)N2CCN=C2S1. The first kappa shape index (κ1) is 13.7. The molecule has 0 unspecified atom stereocenters. The summed E-state index contributed by atoms with van der Waals surface area (Å²) in [4.78, 5) is 9.87. The Morgan fingerprint density at radius 1 is 1.38 bits per heavy atom. The van der Waals surface area contributed by atoms with Crippen LogP contribution in [-0.4, -0.2) is 29.4 Å². The van der Waals surface area contributed by atoms with Gasteiger partial charge in [-0.05, 0) is 41.6 Å². The average molecular weight is 333 g/mol. The Balaban J connectivity index is 1.90. The largest absolute Gasteiger partial charge is 0.318 e. The van der Waals surface area contributed by atoms with Gasteiger partial charge < -0.3 is 4.90 Å². The van der Waals surface area contributed by atoms with Crippen molar-refractivity contribution in [1.29, 1.82) is 0 Å². The van der Waals surface area contributed by atoms with Crippen molar-refractivity contribution < 1.29 is 0 Å². The Kier molecular flexibility index (Phi) is 3.52. The number of aliphatic imine (C=N–C) groups is 1. The minimum atomic E-state index is 0.929. The Morgan fingerprint density at radius 2 is 2.29 bits per heavy atom. The third-order valence-electron chi connectivity index (χ3n) is 3.88. The Bertz CT molecular complexity index is 773. The molecule has 0 bridgehead atoms. The first-order chi connectivity index (χ1) is 10.3. The molecule has 21 heavy (non-hydrogen) atoms. The Morgan fingerprint density at radius 3 is 3.10 bits per heavy atom. The molecule has 1 aromatic carbocycles. The second kappa shape index (κ2) is 5.38. The number of nitrogens with zero attached hydrogens (tertiary/aromatic N) is 2. The third kappa shape index (κ3) is 2.14. The van der Waals surface area contributed by atoms with E-state index in [-0.39, 0.29) is 0 Å². The number of hydrogen-bond donors (Lipinski definition) is 0. The van der Waals surface area contributed by atoms with Gasteiger partial charge in [0.2, 0.25) is 0 Å². The number of amidine groups is 1. The van der Waals surface area contributed by atoms with Gasteiger partial charge in [0, 0.05) is 26.6 Å². The minimum absolute atomic E-state index is 0.929. The van der Waals surface area contributed by atoms with Crippen LogP contribution in [0, 0.1) is 0 Å². The molecule has 0 atom stereocenters. The molecule has 2 aliphatic rings. The lowest BCUT2D eigenvalue weighted by Gasteiger charge is -2.18. The molecule has 2 nitrogen and oxygen atoms in total. The van der Waals surface area contributed by atoms with Crippen molar-refractivity contribution in [3.63, 3.8) is 0 Å². The number of hydrogen-bond acceptors (Lipinski definition) is 5. The first-order valence-corrected chi connectivity index (χ1v) is 10.0. The van der Waals surface area contributed by atoms with Crippen LogP contribution < -0.4 is 0 Å². The van der Waals surface area contributed by atoms with Crippen molar-refractivity contribution in [3.8, 4) is 0 Å². The van der Waals surface area contributed by atoms with E-state index >= 15 is 0 Å². The number of allylic oxidation sites excluding steroid dienone is 1. The molecule has 0 radical (unpaired) electrons. The highest BCUT2D eigenvalue weighted by Gasteiger charge is 2.32. The number of thioether (sulfide) groups is 2. The zero-order chi connectivity index (χ0) is 14.4. The zero-order valence-corrected chi connectivity index (χ0v) is 14.5. The molecule has 0 spiro atoms. The lowest BCUT2D eigenvalue weighted by Crippen LogP contribution is -2.20. The molecule has 2 aromatic rings. The lowest BCUT2D eigenvalue weighted by atomic mass is 10.1. The molecule has 5 heteroatoms. The fourth-order valence-corrected chi connectivity index (χ4v) is 5.79. The number of rotatable bonds is 3. The average Bonchev–Trinajstić information content (AvgIpc) is 3.19. The van der Waals surface area contributed by atoms with Crippen molar-refractivity contribution in [3.05, 3.63) is 34.0 Å². The Hall–Kier alpha value is -0.910. The standard InChI is InChI=1S/C16H16N2S3/c1-3-12-14(18-6-5-17-16(18)21-12)11-8-10-4-7-20-15(10)13(9-11)19-2/h4,7-9H,3,5-6H2,1-2H3. The molecular formula is C16H16N2S3. The normalized spacial score (nSPS) is 17.8. The maximum atomic E-state index is 4.63. The maximum Gasteiger partial charge on any atom is 0.168 e. The molecule has 108 valence electrons. The maximum absolute atomic E-state index is 4.63. The van der Waals surface area contributed by atoms with E-state index < -0.39 is 0 Å². The molecule has 2 aliphatic heterocycles. The number of thiophene rings is 1. The van der Waals surface area contributed by atoms with Gasteiger partial charge in [0.25, 0.3) is 0 Å². The van der Waals surface area contributed by atoms with Gasteiger partial charge in [-0.1, -0.05) is 18.7 Å². The highest BCUT2D eigenvalue weighted by atomic mass is 32.2. The second-order valence-electron chi connectivity index (χ2n) is 5.06. The monoisotopic (exact) mass is 332 g/mol. The van der Waals surface area contributed by atoms with Gasteiger partial charge in [0.1, 0.15) is 0 Å². The summed E-state index contributed by atoms with van der Waals surface area (Å²) in [6, 6.07) is 6.94. The van der Waals surface area contributed by atoms with Gasteiger partial charge >= 0.3 is 0 Å². The van der Waals surface area contributed by atoms with E-state index in [0.717, 1.165) is 19.5 Å². The highest BCUT2D eigenvalue weighted by molar-refractivity contribution is 8.17. The van der Waals surface area contributed by atoms with Crippen LogP contribution in [0.5, 0.6) is 0 Å². The van der Waals surface area contributed by atoms with Gasteiger partial charge in [-0.15, -0.1) is 23.1 Å². The van der Waals surface area contributed by atoms with Gasteiger partial charge in [0.05, 0.1) is 12.2 Å². The van der Waals surface area contributed by atoms with Gasteiger partial charge in [-0.3, -0.25) is 4.99 Å². The summed E-state index contributed by atoms with van der Waals surface area (Å²) in [7, 11) is 0. The van der Waals surface area contributed by atoms with Crippen LogP contribution >= 0.6 is 34.9 Å². The molecule has 0 saturated heterocycles. The summed E-state index contributed by atoms with van der Waals surface area (Å²) in [5.74, 6) is 0.